The number of hydrogen-bond donors (Lipinski definition) is 1. The lowest BCUT2D eigenvalue weighted by Crippen LogP contribution is -2.17. The first-order valence-corrected chi connectivity index (χ1v) is 5.32. The second-order valence-electron chi connectivity index (χ2n) is 3.46. The van der Waals surface area contributed by atoms with E-state index in [1.807, 2.05) is 12.1 Å². The molecule has 1 aromatic carbocycles. The van der Waals surface area contributed by atoms with Crippen molar-refractivity contribution in [3.63, 3.8) is 0 Å². The van der Waals surface area contributed by atoms with Crippen LogP contribution in [0.1, 0.15) is 5.56 Å². The average molecular weight is 249 g/mol. The molecule has 1 unspecified atom stereocenters. The smallest absolute Gasteiger partial charge is 0.297 e. The summed E-state index contributed by atoms with van der Waals surface area (Å²) in [6.07, 6.45) is 3.62. The summed E-state index contributed by atoms with van der Waals surface area (Å²) in [6.45, 7) is 0. The van der Waals surface area contributed by atoms with Gasteiger partial charge in [0.05, 0.1) is 5.70 Å². The number of aliphatic hydroxyl groups excluding tert-OH is 1. The Morgan fingerprint density at radius 1 is 1.18 bits per heavy atom. The zero-order valence-electron chi connectivity index (χ0n) is 8.75. The van der Waals surface area contributed by atoms with E-state index in [1.54, 1.807) is 24.3 Å². The van der Waals surface area contributed by atoms with Crippen LogP contribution in [0.3, 0.4) is 0 Å². The Morgan fingerprint density at radius 2 is 1.88 bits per heavy atom. The van der Waals surface area contributed by atoms with Gasteiger partial charge in [-0.05, 0) is 29.8 Å². The van der Waals surface area contributed by atoms with Gasteiger partial charge in [0.25, 0.3) is 5.91 Å². The molecule has 4 nitrogen and oxygen atoms in total. The number of carbonyl (C=O) groups excluding carboxylic acids is 1. The summed E-state index contributed by atoms with van der Waals surface area (Å²) in [7, 11) is 0. The molecular weight excluding hydrogens is 240 g/mol. The minimum Gasteiger partial charge on any atom is -0.379 e. The number of benzene rings is 1. The molecule has 17 heavy (non-hydrogen) atoms. The highest BCUT2D eigenvalue weighted by Gasteiger charge is 2.15. The molecule has 0 saturated carbocycles. The highest BCUT2D eigenvalue weighted by molar-refractivity contribution is 6.30. The Hall–Kier alpha value is -1.78. The van der Waals surface area contributed by atoms with Crippen molar-refractivity contribution < 1.29 is 9.90 Å². The van der Waals surface area contributed by atoms with Crippen LogP contribution in [0.25, 0.3) is 6.08 Å². The molecule has 1 heterocycles. The van der Waals surface area contributed by atoms with Gasteiger partial charge in [0.15, 0.2) is 6.10 Å². The summed E-state index contributed by atoms with van der Waals surface area (Å²) in [6, 6.07) is 7.24. The molecule has 1 aliphatic rings. The van der Waals surface area contributed by atoms with Gasteiger partial charge in [0.1, 0.15) is 0 Å². The van der Waals surface area contributed by atoms with E-state index < -0.39 is 12.0 Å². The predicted molar refractivity (Wildman–Crippen MR) is 64.4 cm³/mol. The van der Waals surface area contributed by atoms with E-state index in [2.05, 4.69) is 10.2 Å². The maximum Gasteiger partial charge on any atom is 0.297 e. The quantitative estimate of drug-likeness (QED) is 0.874. The van der Waals surface area contributed by atoms with E-state index in [0.29, 0.717) is 10.7 Å². The first kappa shape index (κ1) is 11.7. The largest absolute Gasteiger partial charge is 0.379 e. The highest BCUT2D eigenvalue weighted by atomic mass is 35.5. The van der Waals surface area contributed by atoms with Crippen LogP contribution in [0.5, 0.6) is 0 Å². The summed E-state index contributed by atoms with van der Waals surface area (Å²) < 4.78 is 0. The molecule has 86 valence electrons. The van der Waals surface area contributed by atoms with Crippen molar-refractivity contribution in [3.8, 4) is 0 Å². The topological polar surface area (TPSA) is 62.0 Å². The fourth-order valence-corrected chi connectivity index (χ4v) is 1.40. The minimum atomic E-state index is -1.20. The molecule has 1 aliphatic heterocycles. The Balaban J connectivity index is 2.12. The molecular formula is C12H9ClN2O2. The van der Waals surface area contributed by atoms with Crippen molar-refractivity contribution >= 4 is 23.6 Å². The standard InChI is InChI=1S/C12H9ClN2O2/c13-9-4-1-8(2-5-9)3-6-10-7-11(16)12(17)15-14-10/h1-7,11,16H. The lowest BCUT2D eigenvalue weighted by molar-refractivity contribution is -0.124. The summed E-state index contributed by atoms with van der Waals surface area (Å²) in [5.74, 6) is -0.645. The number of hydrogen-bond acceptors (Lipinski definition) is 3. The van der Waals surface area contributed by atoms with Gasteiger partial charge in [-0.1, -0.05) is 29.8 Å². The molecule has 1 atom stereocenters. The van der Waals surface area contributed by atoms with Gasteiger partial charge in [0, 0.05) is 5.02 Å². The Labute approximate surface area is 103 Å². The minimum absolute atomic E-state index is 0.451. The number of rotatable bonds is 2. The van der Waals surface area contributed by atoms with E-state index in [0.717, 1.165) is 5.56 Å². The number of azo groups is 1. The Morgan fingerprint density at radius 3 is 2.53 bits per heavy atom. The first-order valence-electron chi connectivity index (χ1n) is 4.94. The maximum atomic E-state index is 10.9. The summed E-state index contributed by atoms with van der Waals surface area (Å²) in [5, 5.41) is 16.9. The second-order valence-corrected chi connectivity index (χ2v) is 3.90. The van der Waals surface area contributed by atoms with Crippen LogP contribution >= 0.6 is 11.6 Å². The van der Waals surface area contributed by atoms with Gasteiger partial charge in [-0.25, -0.2) is 0 Å². The van der Waals surface area contributed by atoms with E-state index in [-0.39, 0.29) is 0 Å². The number of nitrogens with zero attached hydrogens (tertiary/aromatic N) is 2. The number of aliphatic hydroxyl groups is 1. The average Bonchev–Trinajstić information content (AvgIpc) is 2.33. The highest BCUT2D eigenvalue weighted by Crippen LogP contribution is 2.14. The van der Waals surface area contributed by atoms with Gasteiger partial charge in [-0.2, -0.15) is 0 Å². The number of allylic oxidation sites excluding steroid dienone is 1. The van der Waals surface area contributed by atoms with Crippen LogP contribution in [-0.4, -0.2) is 17.1 Å². The molecule has 0 aromatic heterocycles. The zero-order chi connectivity index (χ0) is 12.3. The van der Waals surface area contributed by atoms with Crippen LogP contribution in [0, 0.1) is 0 Å². The van der Waals surface area contributed by atoms with Crippen molar-refractivity contribution in [1.82, 2.24) is 0 Å². The van der Waals surface area contributed by atoms with Crippen molar-refractivity contribution in [1.29, 1.82) is 0 Å². The Bertz CT molecular complexity index is 518. The molecule has 1 aromatic rings. The van der Waals surface area contributed by atoms with Crippen molar-refractivity contribution in [2.45, 2.75) is 6.10 Å². The van der Waals surface area contributed by atoms with Gasteiger partial charge in [0.2, 0.25) is 0 Å². The van der Waals surface area contributed by atoms with Crippen molar-refractivity contribution in [2.75, 3.05) is 0 Å². The SMILES string of the molecule is O=C1N=NC(C=Cc2ccc(Cl)cc2)=CC1O. The lowest BCUT2D eigenvalue weighted by Gasteiger charge is -2.04. The van der Waals surface area contributed by atoms with E-state index in [4.69, 9.17) is 11.6 Å². The first-order chi connectivity index (χ1) is 8.15. The molecule has 0 fully saturated rings. The molecule has 1 N–H and O–H groups in total. The van der Waals surface area contributed by atoms with E-state index in [9.17, 15) is 9.90 Å². The molecule has 0 spiro atoms. The predicted octanol–water partition coefficient (Wildman–Crippen LogP) is 2.59. The lowest BCUT2D eigenvalue weighted by atomic mass is 10.2. The molecule has 0 saturated heterocycles. The molecule has 0 aliphatic carbocycles. The molecule has 0 bridgehead atoms. The number of carbonyl (C=O) groups is 1. The second kappa shape index (κ2) is 5.03. The maximum absolute atomic E-state index is 10.9. The number of halogens is 1. The third kappa shape index (κ3) is 3.09. The van der Waals surface area contributed by atoms with Gasteiger partial charge in [-0.15, -0.1) is 10.2 Å². The van der Waals surface area contributed by atoms with Gasteiger partial charge < -0.3 is 5.11 Å². The third-order valence-electron chi connectivity index (χ3n) is 2.16. The van der Waals surface area contributed by atoms with Crippen LogP contribution in [-0.2, 0) is 4.79 Å². The monoisotopic (exact) mass is 248 g/mol. The summed E-state index contributed by atoms with van der Waals surface area (Å²) in [5.41, 5.74) is 1.39. The zero-order valence-corrected chi connectivity index (χ0v) is 9.50. The summed E-state index contributed by atoms with van der Waals surface area (Å²) in [4.78, 5) is 10.9. The summed E-state index contributed by atoms with van der Waals surface area (Å²) >= 11 is 5.76. The fourth-order valence-electron chi connectivity index (χ4n) is 1.28. The fraction of sp³-hybridized carbons (Fsp3) is 0.0833. The van der Waals surface area contributed by atoms with Crippen LogP contribution in [0.4, 0.5) is 0 Å². The van der Waals surface area contributed by atoms with Gasteiger partial charge in [-0.3, -0.25) is 4.79 Å². The third-order valence-corrected chi connectivity index (χ3v) is 2.41. The molecule has 2 rings (SSSR count). The van der Waals surface area contributed by atoms with E-state index >= 15 is 0 Å². The van der Waals surface area contributed by atoms with Crippen LogP contribution in [0.15, 0.2) is 52.3 Å². The number of amides is 1. The van der Waals surface area contributed by atoms with Gasteiger partial charge >= 0.3 is 0 Å². The normalized spacial score (nSPS) is 19.8. The molecule has 5 heteroatoms. The van der Waals surface area contributed by atoms with Crippen molar-refractivity contribution in [2.24, 2.45) is 10.2 Å². The Kier molecular flexibility index (Phi) is 3.46. The van der Waals surface area contributed by atoms with Crippen LogP contribution in [0.2, 0.25) is 5.02 Å². The molecule has 1 amide bonds. The van der Waals surface area contributed by atoms with E-state index in [1.165, 1.54) is 6.08 Å². The van der Waals surface area contributed by atoms with Crippen molar-refractivity contribution in [3.05, 3.63) is 52.7 Å². The van der Waals surface area contributed by atoms with Crippen LogP contribution < -0.4 is 0 Å². The molecule has 0 radical (unpaired) electrons.